The molecule has 2 fully saturated rings. The van der Waals surface area contributed by atoms with Crippen molar-refractivity contribution < 1.29 is 4.79 Å². The number of amides is 1. The molecule has 1 saturated carbocycles. The minimum atomic E-state index is -0.0293. The summed E-state index contributed by atoms with van der Waals surface area (Å²) in [5.74, 6) is 0.289. The Morgan fingerprint density at radius 1 is 1.29 bits per heavy atom. The molecule has 1 N–H and O–H groups in total. The second kappa shape index (κ2) is 6.41. The van der Waals surface area contributed by atoms with Gasteiger partial charge in [0.15, 0.2) is 0 Å². The molecule has 1 aliphatic carbocycles. The second-order valence-electron chi connectivity index (χ2n) is 5.96. The lowest BCUT2D eigenvalue weighted by atomic mass is 10.1. The monoisotopic (exact) mass is 304 g/mol. The molecule has 2 aliphatic rings. The Labute approximate surface area is 131 Å². The first-order chi connectivity index (χ1) is 10.3. The Kier molecular flexibility index (Phi) is 4.55. The van der Waals surface area contributed by atoms with Crippen molar-refractivity contribution in [3.05, 3.63) is 35.9 Å². The lowest BCUT2D eigenvalue weighted by Gasteiger charge is -2.33. The van der Waals surface area contributed by atoms with Crippen LogP contribution in [0.15, 0.2) is 30.3 Å². The predicted octanol–water partition coefficient (Wildman–Crippen LogP) is 3.18. The minimum Gasteiger partial charge on any atom is -0.317 e. The third-order valence-electron chi connectivity index (χ3n) is 4.79. The van der Waals surface area contributed by atoms with Crippen LogP contribution in [-0.4, -0.2) is 34.4 Å². The average Bonchev–Trinajstić information content (AvgIpc) is 3.11. The summed E-state index contributed by atoms with van der Waals surface area (Å²) in [5, 5.41) is 4.13. The van der Waals surface area contributed by atoms with Crippen molar-refractivity contribution in [1.29, 1.82) is 0 Å². The lowest BCUT2D eigenvalue weighted by Crippen LogP contribution is -2.43. The van der Waals surface area contributed by atoms with E-state index in [4.69, 9.17) is 0 Å². The maximum Gasteiger partial charge on any atom is 0.241 e. The van der Waals surface area contributed by atoms with Crippen LogP contribution >= 0.6 is 11.8 Å². The summed E-state index contributed by atoms with van der Waals surface area (Å²) >= 11 is 1.91. The second-order valence-corrected chi connectivity index (χ2v) is 7.04. The number of carbonyl (C=O) groups excluding carboxylic acids is 1. The van der Waals surface area contributed by atoms with Gasteiger partial charge in [0.05, 0.1) is 6.04 Å². The van der Waals surface area contributed by atoms with E-state index >= 15 is 0 Å². The zero-order chi connectivity index (χ0) is 14.8. The number of hydrogen-bond acceptors (Lipinski definition) is 3. The Morgan fingerprint density at radius 3 is 2.71 bits per heavy atom. The van der Waals surface area contributed by atoms with Gasteiger partial charge in [-0.25, -0.2) is 0 Å². The van der Waals surface area contributed by atoms with Crippen LogP contribution in [0.3, 0.4) is 0 Å². The van der Waals surface area contributed by atoms with Gasteiger partial charge in [-0.2, -0.15) is 11.8 Å². The zero-order valence-corrected chi connectivity index (χ0v) is 13.6. The summed E-state index contributed by atoms with van der Waals surface area (Å²) < 4.78 is 0. The molecule has 1 aliphatic heterocycles. The first kappa shape index (κ1) is 14.9. The lowest BCUT2D eigenvalue weighted by molar-refractivity contribution is -0.132. The molecule has 4 unspecified atom stereocenters. The SMILES string of the molecule is CCC1NC(c2ccccc2)N(C2CCCC2SC)C1=O. The molecule has 0 aromatic heterocycles. The van der Waals surface area contributed by atoms with Crippen LogP contribution in [0.4, 0.5) is 0 Å². The molecule has 4 atom stereocenters. The van der Waals surface area contributed by atoms with E-state index in [1.54, 1.807) is 0 Å². The van der Waals surface area contributed by atoms with Crippen LogP contribution in [0.5, 0.6) is 0 Å². The van der Waals surface area contributed by atoms with Gasteiger partial charge in [-0.15, -0.1) is 0 Å². The van der Waals surface area contributed by atoms with E-state index in [0.717, 1.165) is 12.8 Å². The van der Waals surface area contributed by atoms with Gasteiger partial charge in [0.2, 0.25) is 5.91 Å². The van der Waals surface area contributed by atoms with E-state index in [0.29, 0.717) is 11.3 Å². The van der Waals surface area contributed by atoms with E-state index in [1.807, 2.05) is 17.8 Å². The normalized spacial score (nSPS) is 32.9. The summed E-state index contributed by atoms with van der Waals surface area (Å²) in [5.41, 5.74) is 1.20. The van der Waals surface area contributed by atoms with Crippen molar-refractivity contribution in [2.75, 3.05) is 6.26 Å². The fraction of sp³-hybridized carbons (Fsp3) is 0.588. The first-order valence-corrected chi connectivity index (χ1v) is 9.21. The van der Waals surface area contributed by atoms with Gasteiger partial charge in [0.1, 0.15) is 6.17 Å². The average molecular weight is 304 g/mol. The van der Waals surface area contributed by atoms with Crippen molar-refractivity contribution in [3.8, 4) is 0 Å². The number of nitrogens with one attached hydrogen (secondary N) is 1. The molecule has 0 bridgehead atoms. The van der Waals surface area contributed by atoms with Gasteiger partial charge in [-0.05, 0) is 31.1 Å². The van der Waals surface area contributed by atoms with E-state index in [2.05, 4.69) is 47.7 Å². The Bertz CT molecular complexity index is 493. The van der Waals surface area contributed by atoms with Gasteiger partial charge in [-0.3, -0.25) is 10.1 Å². The predicted molar refractivity (Wildman–Crippen MR) is 88.2 cm³/mol. The highest BCUT2D eigenvalue weighted by atomic mass is 32.2. The fourth-order valence-corrected chi connectivity index (χ4v) is 4.67. The third kappa shape index (κ3) is 2.71. The Hall–Kier alpha value is -1.00. The zero-order valence-electron chi connectivity index (χ0n) is 12.8. The summed E-state index contributed by atoms with van der Waals surface area (Å²) in [6.45, 7) is 2.09. The number of thioether (sulfide) groups is 1. The van der Waals surface area contributed by atoms with E-state index < -0.39 is 0 Å². The molecule has 0 radical (unpaired) electrons. The first-order valence-electron chi connectivity index (χ1n) is 7.92. The Balaban J connectivity index is 1.91. The molecule has 4 heteroatoms. The number of rotatable bonds is 4. The van der Waals surface area contributed by atoms with Crippen molar-refractivity contribution in [1.82, 2.24) is 10.2 Å². The van der Waals surface area contributed by atoms with Crippen molar-refractivity contribution >= 4 is 17.7 Å². The molecule has 114 valence electrons. The third-order valence-corrected chi connectivity index (χ3v) is 5.95. The molecule has 21 heavy (non-hydrogen) atoms. The minimum absolute atomic E-state index is 0.0293. The maximum atomic E-state index is 12.8. The quantitative estimate of drug-likeness (QED) is 0.927. The standard InChI is InChI=1S/C17H24N2OS/c1-3-13-17(20)19(14-10-7-11-15(14)21-2)16(18-13)12-8-5-4-6-9-12/h4-6,8-9,13-16,18H,3,7,10-11H2,1-2H3. The molecule has 1 heterocycles. The van der Waals surface area contributed by atoms with Crippen molar-refractivity contribution in [2.45, 2.75) is 56.1 Å². The molecule has 1 saturated heterocycles. The van der Waals surface area contributed by atoms with Crippen molar-refractivity contribution in [3.63, 3.8) is 0 Å². The van der Waals surface area contributed by atoms with Crippen LogP contribution in [0.1, 0.15) is 44.3 Å². The number of carbonyl (C=O) groups is 1. The van der Waals surface area contributed by atoms with Crippen LogP contribution in [0.2, 0.25) is 0 Å². The molecule has 1 amide bonds. The van der Waals surface area contributed by atoms with Gasteiger partial charge in [0, 0.05) is 11.3 Å². The van der Waals surface area contributed by atoms with Crippen LogP contribution < -0.4 is 5.32 Å². The highest BCUT2D eigenvalue weighted by molar-refractivity contribution is 7.99. The molecule has 3 nitrogen and oxygen atoms in total. The summed E-state index contributed by atoms with van der Waals surface area (Å²) in [6, 6.07) is 10.7. The number of nitrogens with zero attached hydrogens (tertiary/aromatic N) is 1. The summed E-state index contributed by atoms with van der Waals surface area (Å²) in [7, 11) is 0. The summed E-state index contributed by atoms with van der Waals surface area (Å²) in [6.07, 6.45) is 6.67. The van der Waals surface area contributed by atoms with Gasteiger partial charge >= 0.3 is 0 Å². The van der Waals surface area contributed by atoms with Gasteiger partial charge in [0.25, 0.3) is 0 Å². The van der Waals surface area contributed by atoms with Gasteiger partial charge in [-0.1, -0.05) is 43.7 Å². The smallest absolute Gasteiger partial charge is 0.241 e. The maximum absolute atomic E-state index is 12.8. The van der Waals surface area contributed by atoms with Crippen LogP contribution in [0, 0.1) is 0 Å². The topological polar surface area (TPSA) is 32.3 Å². The molecule has 1 aromatic carbocycles. The van der Waals surface area contributed by atoms with Crippen molar-refractivity contribution in [2.24, 2.45) is 0 Å². The van der Waals surface area contributed by atoms with Crippen LogP contribution in [0.25, 0.3) is 0 Å². The highest BCUT2D eigenvalue weighted by Gasteiger charge is 2.45. The van der Waals surface area contributed by atoms with E-state index in [9.17, 15) is 4.79 Å². The number of benzene rings is 1. The fourth-order valence-electron chi connectivity index (χ4n) is 3.69. The highest BCUT2D eigenvalue weighted by Crippen LogP contribution is 2.38. The molecular weight excluding hydrogens is 280 g/mol. The molecule has 1 aromatic rings. The molecule has 0 spiro atoms. The number of hydrogen-bond donors (Lipinski definition) is 1. The van der Waals surface area contributed by atoms with E-state index in [-0.39, 0.29) is 18.1 Å². The van der Waals surface area contributed by atoms with Crippen LogP contribution in [-0.2, 0) is 4.79 Å². The summed E-state index contributed by atoms with van der Waals surface area (Å²) in [4.78, 5) is 15.0. The van der Waals surface area contributed by atoms with Gasteiger partial charge < -0.3 is 4.90 Å². The van der Waals surface area contributed by atoms with E-state index in [1.165, 1.54) is 18.4 Å². The largest absolute Gasteiger partial charge is 0.317 e. The molecule has 3 rings (SSSR count). The molecular formula is C17H24N2OS. The Morgan fingerprint density at radius 2 is 2.05 bits per heavy atom.